The molecule has 0 spiro atoms. The number of carbonyl (C=O) groups excluding carboxylic acids is 2. The first-order chi connectivity index (χ1) is 28.1. The number of aromatic nitrogens is 1. The van der Waals surface area contributed by atoms with E-state index in [1.165, 1.54) is 17.7 Å². The molecule has 2 amide bonds. The molecule has 2 aliphatic heterocycles. The minimum atomic E-state index is -1.22. The van der Waals surface area contributed by atoms with Crippen molar-refractivity contribution in [3.63, 3.8) is 0 Å². The summed E-state index contributed by atoms with van der Waals surface area (Å²) in [4.78, 5) is 46.7. The summed E-state index contributed by atoms with van der Waals surface area (Å²) in [6, 6.07) is 28.1. The second kappa shape index (κ2) is 16.7. The van der Waals surface area contributed by atoms with Gasteiger partial charge in [0.2, 0.25) is 5.91 Å². The number of rotatable bonds is 10. The normalized spacial score (nSPS) is 20.4. The number of pyridine rings is 1. The monoisotopic (exact) mass is 779 g/mol. The summed E-state index contributed by atoms with van der Waals surface area (Å²) in [7, 11) is 0. The highest BCUT2D eigenvalue weighted by Crippen LogP contribution is 2.41. The molecule has 4 aromatic carbocycles. The minimum Gasteiger partial charge on any atom is -0.490 e. The van der Waals surface area contributed by atoms with Crippen molar-refractivity contribution in [3.8, 4) is 28.4 Å². The van der Waals surface area contributed by atoms with Crippen LogP contribution in [0.4, 0.5) is 0 Å². The zero-order valence-corrected chi connectivity index (χ0v) is 33.1. The van der Waals surface area contributed by atoms with Crippen molar-refractivity contribution >= 4 is 17.8 Å². The van der Waals surface area contributed by atoms with E-state index in [-0.39, 0.29) is 37.5 Å². The Morgan fingerprint density at radius 1 is 0.897 bits per heavy atom. The van der Waals surface area contributed by atoms with Gasteiger partial charge < -0.3 is 29.5 Å². The number of aliphatic carboxylic acids is 1. The second-order valence-electron chi connectivity index (χ2n) is 15.9. The molecule has 1 aromatic heterocycles. The number of carboxylic acids is 1. The third-order valence-corrected chi connectivity index (χ3v) is 11.9. The highest BCUT2D eigenvalue weighted by molar-refractivity contribution is 5.98. The van der Waals surface area contributed by atoms with E-state index in [2.05, 4.69) is 17.2 Å². The minimum absolute atomic E-state index is 0.0705. The number of fused-ring (bicyclic) bond motifs is 2. The van der Waals surface area contributed by atoms with Crippen molar-refractivity contribution in [3.05, 3.63) is 142 Å². The van der Waals surface area contributed by atoms with E-state index >= 15 is 0 Å². The lowest BCUT2D eigenvalue weighted by Crippen LogP contribution is -2.56. The number of aryl methyl sites for hydroxylation is 1. The molecule has 2 N–H and O–H groups in total. The van der Waals surface area contributed by atoms with Crippen molar-refractivity contribution in [2.24, 2.45) is 5.92 Å². The van der Waals surface area contributed by atoms with E-state index in [1.807, 2.05) is 86.6 Å². The number of ether oxygens (including phenoxy) is 3. The van der Waals surface area contributed by atoms with Gasteiger partial charge in [0.05, 0.1) is 6.10 Å². The van der Waals surface area contributed by atoms with E-state index in [4.69, 9.17) is 14.2 Å². The molecular weight excluding hydrogens is 731 g/mol. The molecule has 8 rings (SSSR count). The van der Waals surface area contributed by atoms with Crippen molar-refractivity contribution in [2.45, 2.75) is 90.1 Å². The quantitative estimate of drug-likeness (QED) is 0.145. The van der Waals surface area contributed by atoms with Gasteiger partial charge in [0.15, 0.2) is 17.6 Å². The number of nitrogens with one attached hydrogen (secondary N) is 1. The fraction of sp³-hybridized carbons (Fsp3) is 0.333. The topological polar surface area (TPSA) is 127 Å². The van der Waals surface area contributed by atoms with E-state index < -0.39 is 24.0 Å². The fourth-order valence-corrected chi connectivity index (χ4v) is 8.29. The highest BCUT2D eigenvalue weighted by atomic mass is 16.6. The predicted octanol–water partition coefficient (Wildman–Crippen LogP) is 8.21. The molecule has 0 radical (unpaired) electrons. The molecule has 10 heteroatoms. The van der Waals surface area contributed by atoms with Gasteiger partial charge in [-0.25, -0.2) is 4.79 Å². The standard InChI is InChI=1S/C48H49N3O7/c1-29-9-17-38(18-10-29)57-39-19-15-34(16-20-39)45-28-56-43-25-36-24-42(51(27-37(36)26-44(43)58-45)47(53)35-7-5-4-6-8-35)46(52)50-41(48(54)55)23-32-11-13-33(14-12-32)40-21-22-49-31(3)30(40)2/h4-8,11-16,19-22,25-26,29,38,41-42,45H,9-10,17-18,23-24,27-28H2,1-3H3,(H,50,52)(H,54,55)/t29-,38-,41-,42-,45+/m0/s1. The molecule has 1 aliphatic carbocycles. The van der Waals surface area contributed by atoms with Crippen molar-refractivity contribution in [1.29, 1.82) is 0 Å². The molecule has 3 atom stereocenters. The second-order valence-corrected chi connectivity index (χ2v) is 15.9. The summed E-state index contributed by atoms with van der Waals surface area (Å²) in [6.45, 7) is 6.72. The number of amides is 2. The number of hydrogen-bond acceptors (Lipinski definition) is 7. The fourth-order valence-electron chi connectivity index (χ4n) is 8.29. The Morgan fingerprint density at radius 3 is 2.34 bits per heavy atom. The molecule has 1 fully saturated rings. The van der Waals surface area contributed by atoms with Gasteiger partial charge in [0, 0.05) is 36.8 Å². The van der Waals surface area contributed by atoms with Crippen molar-refractivity contribution < 1.29 is 33.7 Å². The average Bonchev–Trinajstić information content (AvgIpc) is 3.24. The predicted molar refractivity (Wildman–Crippen MR) is 220 cm³/mol. The summed E-state index contributed by atoms with van der Waals surface area (Å²) in [5.41, 5.74) is 7.89. The molecule has 3 heterocycles. The Balaban J connectivity index is 0.988. The Morgan fingerprint density at radius 2 is 1.62 bits per heavy atom. The van der Waals surface area contributed by atoms with E-state index in [1.54, 1.807) is 30.5 Å². The number of carbonyl (C=O) groups is 3. The molecular formula is C48H49N3O7. The van der Waals surface area contributed by atoms with Crippen LogP contribution in [0.2, 0.25) is 0 Å². The number of hydrogen-bond donors (Lipinski definition) is 2. The van der Waals surface area contributed by atoms with Crippen LogP contribution in [0.1, 0.15) is 82.6 Å². The Kier molecular flexibility index (Phi) is 11.2. The van der Waals surface area contributed by atoms with Crippen LogP contribution < -0.4 is 19.5 Å². The van der Waals surface area contributed by atoms with Crippen LogP contribution >= 0.6 is 0 Å². The summed E-state index contributed by atoms with van der Waals surface area (Å²) in [5, 5.41) is 13.1. The zero-order valence-electron chi connectivity index (χ0n) is 33.1. The van der Waals surface area contributed by atoms with Gasteiger partial charge in [-0.3, -0.25) is 14.6 Å². The number of nitrogens with zero attached hydrogens (tertiary/aromatic N) is 2. The summed E-state index contributed by atoms with van der Waals surface area (Å²) in [6.07, 6.45) is 6.48. The van der Waals surface area contributed by atoms with Crippen LogP contribution in [0.15, 0.2) is 103 Å². The molecule has 5 aromatic rings. The van der Waals surface area contributed by atoms with Gasteiger partial charge in [-0.05, 0) is 127 Å². The van der Waals surface area contributed by atoms with Gasteiger partial charge in [0.1, 0.15) is 24.4 Å². The van der Waals surface area contributed by atoms with Crippen molar-refractivity contribution in [1.82, 2.24) is 15.2 Å². The Hall–Kier alpha value is -6.16. The molecule has 0 bridgehead atoms. The summed E-state index contributed by atoms with van der Waals surface area (Å²) >= 11 is 0. The number of carboxylic acid groups (broad SMARTS) is 1. The molecule has 3 aliphatic rings. The zero-order chi connectivity index (χ0) is 40.3. The molecule has 0 saturated heterocycles. The van der Waals surface area contributed by atoms with Gasteiger partial charge in [0.25, 0.3) is 5.91 Å². The van der Waals surface area contributed by atoms with Gasteiger partial charge in [-0.15, -0.1) is 0 Å². The highest BCUT2D eigenvalue weighted by Gasteiger charge is 2.38. The van der Waals surface area contributed by atoms with Gasteiger partial charge in [-0.2, -0.15) is 0 Å². The molecule has 10 nitrogen and oxygen atoms in total. The van der Waals surface area contributed by atoms with Crippen LogP contribution in [-0.4, -0.2) is 57.6 Å². The van der Waals surface area contributed by atoms with Crippen LogP contribution in [0.5, 0.6) is 17.2 Å². The first kappa shape index (κ1) is 38.7. The Labute approximate surface area is 339 Å². The van der Waals surface area contributed by atoms with Gasteiger partial charge in [-0.1, -0.05) is 61.5 Å². The third-order valence-electron chi connectivity index (χ3n) is 11.9. The average molecular weight is 780 g/mol. The third kappa shape index (κ3) is 8.42. The van der Waals surface area contributed by atoms with Crippen LogP contribution in [0.25, 0.3) is 11.1 Å². The van der Waals surface area contributed by atoms with Crippen LogP contribution in [0, 0.1) is 19.8 Å². The molecule has 298 valence electrons. The molecule has 1 saturated carbocycles. The smallest absolute Gasteiger partial charge is 0.326 e. The molecule has 58 heavy (non-hydrogen) atoms. The number of benzene rings is 4. The summed E-state index contributed by atoms with van der Waals surface area (Å²) in [5.74, 6) is 0.713. The maximum atomic E-state index is 14.2. The van der Waals surface area contributed by atoms with E-state index in [0.29, 0.717) is 23.7 Å². The largest absolute Gasteiger partial charge is 0.490 e. The molecule has 0 unspecified atom stereocenters. The van der Waals surface area contributed by atoms with E-state index in [0.717, 1.165) is 69.1 Å². The van der Waals surface area contributed by atoms with Crippen molar-refractivity contribution in [2.75, 3.05) is 6.61 Å². The van der Waals surface area contributed by atoms with Crippen LogP contribution in [-0.2, 0) is 29.0 Å². The maximum absolute atomic E-state index is 14.2. The van der Waals surface area contributed by atoms with Gasteiger partial charge >= 0.3 is 5.97 Å². The first-order valence-electron chi connectivity index (χ1n) is 20.2. The summed E-state index contributed by atoms with van der Waals surface area (Å²) < 4.78 is 19.0. The van der Waals surface area contributed by atoms with Crippen LogP contribution in [0.3, 0.4) is 0 Å². The first-order valence-corrected chi connectivity index (χ1v) is 20.2. The Bertz CT molecular complexity index is 2290. The lowest BCUT2D eigenvalue weighted by atomic mass is 9.89. The maximum Gasteiger partial charge on any atom is 0.326 e. The van der Waals surface area contributed by atoms with E-state index in [9.17, 15) is 19.5 Å². The SMILES string of the molecule is Cc1nccc(-c2ccc(C[C@H](NC(=O)[C@@H]3Cc4cc5c(cc4CN3C(=O)c3ccccc3)O[C@@H](c3ccc(O[C@H]4CC[C@H](C)CC4)cc3)CO5)C(=O)O)cc2)c1C. The lowest BCUT2D eigenvalue weighted by Gasteiger charge is -2.37. The lowest BCUT2D eigenvalue weighted by molar-refractivity contribution is -0.142.